The van der Waals surface area contributed by atoms with Crippen LogP contribution in [0.25, 0.3) is 11.3 Å². The smallest absolute Gasteiger partial charge is 0.337 e. The number of aromatic nitrogens is 3. The van der Waals surface area contributed by atoms with Crippen LogP contribution in [0, 0.1) is 0 Å². The molecule has 9 nitrogen and oxygen atoms in total. The van der Waals surface area contributed by atoms with Crippen molar-refractivity contribution in [3.63, 3.8) is 0 Å². The van der Waals surface area contributed by atoms with Crippen molar-refractivity contribution >= 4 is 23.4 Å². The quantitative estimate of drug-likeness (QED) is 0.504. The summed E-state index contributed by atoms with van der Waals surface area (Å²) < 4.78 is 10.3. The van der Waals surface area contributed by atoms with Gasteiger partial charge in [-0.2, -0.15) is 4.98 Å². The van der Waals surface area contributed by atoms with Crippen molar-refractivity contribution in [2.45, 2.75) is 0 Å². The van der Waals surface area contributed by atoms with E-state index in [-0.39, 0.29) is 0 Å². The Morgan fingerprint density at radius 1 is 1.06 bits per heavy atom. The molecular formula is C22H26N6O3. The van der Waals surface area contributed by atoms with E-state index >= 15 is 0 Å². The van der Waals surface area contributed by atoms with Crippen LogP contribution in [0.2, 0.25) is 0 Å². The lowest BCUT2D eigenvalue weighted by molar-refractivity contribution is 0.0600. The van der Waals surface area contributed by atoms with Gasteiger partial charge in [0, 0.05) is 37.1 Å². The first-order valence-electron chi connectivity index (χ1n) is 9.71. The number of carbonyl (C=O) groups is 1. The average molecular weight is 422 g/mol. The fraction of sp³-hybridized carbons (Fsp3) is 0.273. The van der Waals surface area contributed by atoms with Gasteiger partial charge >= 0.3 is 5.97 Å². The molecule has 0 fully saturated rings. The summed E-state index contributed by atoms with van der Waals surface area (Å²) in [7, 11) is 6.92. The minimum atomic E-state index is -0.433. The Labute approximate surface area is 181 Å². The molecule has 0 saturated heterocycles. The van der Waals surface area contributed by atoms with Crippen LogP contribution in [0.4, 0.5) is 17.5 Å². The third-order valence-electron chi connectivity index (χ3n) is 4.43. The van der Waals surface area contributed by atoms with Crippen molar-refractivity contribution in [3.05, 3.63) is 54.4 Å². The molecule has 0 saturated carbocycles. The molecule has 0 aliphatic heterocycles. The number of anilines is 3. The predicted octanol–water partition coefficient (Wildman–Crippen LogP) is 3.05. The molecule has 0 aliphatic carbocycles. The van der Waals surface area contributed by atoms with Crippen molar-refractivity contribution in [1.29, 1.82) is 0 Å². The molecule has 0 spiro atoms. The number of nitrogens with one attached hydrogen (secondary N) is 2. The van der Waals surface area contributed by atoms with Gasteiger partial charge in [0.2, 0.25) is 5.95 Å². The van der Waals surface area contributed by atoms with Gasteiger partial charge in [0.1, 0.15) is 11.6 Å². The number of carbonyl (C=O) groups excluding carboxylic acids is 1. The van der Waals surface area contributed by atoms with Crippen molar-refractivity contribution in [1.82, 2.24) is 19.9 Å². The molecule has 31 heavy (non-hydrogen) atoms. The number of esters is 1. The minimum absolute atomic E-state index is 0.401. The number of nitrogens with zero attached hydrogens (tertiary/aromatic N) is 4. The number of methoxy groups -OCH3 is 2. The van der Waals surface area contributed by atoms with Crippen LogP contribution in [0.5, 0.6) is 5.75 Å². The lowest BCUT2D eigenvalue weighted by Crippen LogP contribution is -2.21. The summed E-state index contributed by atoms with van der Waals surface area (Å²) in [5.74, 6) is 1.17. The lowest BCUT2D eigenvalue weighted by atomic mass is 10.1. The van der Waals surface area contributed by atoms with Crippen molar-refractivity contribution in [2.75, 3.05) is 52.0 Å². The number of likely N-dealkylation sites (N-methyl/N-ethyl adjacent to an activating group) is 1. The maximum atomic E-state index is 11.9. The van der Waals surface area contributed by atoms with E-state index in [1.54, 1.807) is 37.7 Å². The van der Waals surface area contributed by atoms with Crippen molar-refractivity contribution < 1.29 is 14.3 Å². The molecular weight excluding hydrogens is 396 g/mol. The second kappa shape index (κ2) is 10.4. The Balaban J connectivity index is 1.97. The summed E-state index contributed by atoms with van der Waals surface area (Å²) in [5, 5.41) is 6.50. The number of pyridine rings is 1. The maximum Gasteiger partial charge on any atom is 0.337 e. The van der Waals surface area contributed by atoms with Gasteiger partial charge < -0.3 is 25.0 Å². The minimum Gasteiger partial charge on any atom is -0.495 e. The van der Waals surface area contributed by atoms with Gasteiger partial charge in [0.15, 0.2) is 0 Å². The highest BCUT2D eigenvalue weighted by molar-refractivity contribution is 5.91. The zero-order valence-electron chi connectivity index (χ0n) is 18.0. The Morgan fingerprint density at radius 2 is 1.84 bits per heavy atom. The Morgan fingerprint density at radius 3 is 2.52 bits per heavy atom. The monoisotopic (exact) mass is 422 g/mol. The molecule has 2 aromatic heterocycles. The van der Waals surface area contributed by atoms with Crippen LogP contribution < -0.4 is 15.4 Å². The molecule has 2 N–H and O–H groups in total. The van der Waals surface area contributed by atoms with Crippen molar-refractivity contribution in [2.24, 2.45) is 0 Å². The van der Waals surface area contributed by atoms with E-state index in [4.69, 9.17) is 9.47 Å². The van der Waals surface area contributed by atoms with E-state index < -0.39 is 5.97 Å². The largest absolute Gasteiger partial charge is 0.495 e. The number of benzene rings is 1. The average Bonchev–Trinajstić information content (AvgIpc) is 2.78. The first-order valence-corrected chi connectivity index (χ1v) is 9.71. The zero-order chi connectivity index (χ0) is 22.2. The fourth-order valence-corrected chi connectivity index (χ4v) is 2.84. The van der Waals surface area contributed by atoms with Crippen LogP contribution in [0.1, 0.15) is 10.4 Å². The Bertz CT molecular complexity index is 1030. The summed E-state index contributed by atoms with van der Waals surface area (Å²) in [6, 6.07) is 10.6. The van der Waals surface area contributed by atoms with Gasteiger partial charge in [0.05, 0.1) is 31.2 Å². The second-order valence-electron chi connectivity index (χ2n) is 6.96. The standard InChI is InChI=1S/C22H26N6O3/c1-28(2)12-11-24-22-26-17(15-7-9-23-10-8-15)14-20(27-22)25-18-13-16(21(29)31-4)5-6-19(18)30-3/h5-10,13-14H,11-12H2,1-4H3,(H2,24,25,26,27). The Hall–Kier alpha value is -3.72. The summed E-state index contributed by atoms with van der Waals surface area (Å²) in [4.78, 5) is 27.3. The van der Waals surface area contributed by atoms with Gasteiger partial charge in [-0.1, -0.05) is 0 Å². The van der Waals surface area contributed by atoms with Gasteiger partial charge in [-0.25, -0.2) is 9.78 Å². The highest BCUT2D eigenvalue weighted by Gasteiger charge is 2.13. The molecule has 0 aliphatic rings. The van der Waals surface area contributed by atoms with E-state index in [0.717, 1.165) is 17.8 Å². The highest BCUT2D eigenvalue weighted by atomic mass is 16.5. The zero-order valence-corrected chi connectivity index (χ0v) is 18.0. The van der Waals surface area contributed by atoms with Crippen LogP contribution in [-0.4, -0.2) is 67.2 Å². The molecule has 9 heteroatoms. The number of ether oxygens (including phenoxy) is 2. The van der Waals surface area contributed by atoms with Gasteiger partial charge in [-0.05, 0) is 44.4 Å². The van der Waals surface area contributed by atoms with Crippen LogP contribution in [-0.2, 0) is 4.74 Å². The Kier molecular flexibility index (Phi) is 7.34. The third-order valence-corrected chi connectivity index (χ3v) is 4.43. The number of hydrogen-bond acceptors (Lipinski definition) is 9. The third kappa shape index (κ3) is 5.89. The van der Waals surface area contributed by atoms with Crippen LogP contribution in [0.15, 0.2) is 48.8 Å². The van der Waals surface area contributed by atoms with Crippen LogP contribution >= 0.6 is 0 Å². The summed E-state index contributed by atoms with van der Waals surface area (Å²) >= 11 is 0. The lowest BCUT2D eigenvalue weighted by Gasteiger charge is -2.15. The molecule has 162 valence electrons. The first kappa shape index (κ1) is 22.0. The van der Waals surface area contributed by atoms with Crippen LogP contribution in [0.3, 0.4) is 0 Å². The number of rotatable bonds is 9. The second-order valence-corrected chi connectivity index (χ2v) is 6.96. The molecule has 3 rings (SSSR count). The van der Waals surface area contributed by atoms with E-state index in [0.29, 0.717) is 35.3 Å². The molecule has 2 heterocycles. The summed E-state index contributed by atoms with van der Waals surface area (Å²) in [6.07, 6.45) is 3.43. The van der Waals surface area contributed by atoms with Gasteiger partial charge in [0.25, 0.3) is 0 Å². The molecule has 0 amide bonds. The van der Waals surface area contributed by atoms with E-state index in [2.05, 4.69) is 30.5 Å². The van der Waals surface area contributed by atoms with Gasteiger partial charge in [-0.3, -0.25) is 4.98 Å². The molecule has 3 aromatic rings. The maximum absolute atomic E-state index is 11.9. The first-order chi connectivity index (χ1) is 15.0. The van der Waals surface area contributed by atoms with E-state index in [1.807, 2.05) is 32.3 Å². The number of hydrogen-bond donors (Lipinski definition) is 2. The normalized spacial score (nSPS) is 10.6. The molecule has 0 radical (unpaired) electrons. The molecule has 0 bridgehead atoms. The van der Waals surface area contributed by atoms with E-state index in [1.165, 1.54) is 7.11 Å². The summed E-state index contributed by atoms with van der Waals surface area (Å²) in [6.45, 7) is 1.52. The molecule has 0 atom stereocenters. The molecule has 0 unspecified atom stereocenters. The predicted molar refractivity (Wildman–Crippen MR) is 120 cm³/mol. The fourth-order valence-electron chi connectivity index (χ4n) is 2.84. The highest BCUT2D eigenvalue weighted by Crippen LogP contribution is 2.30. The van der Waals surface area contributed by atoms with Gasteiger partial charge in [-0.15, -0.1) is 0 Å². The summed E-state index contributed by atoms with van der Waals surface area (Å²) in [5.41, 5.74) is 2.63. The SMILES string of the molecule is COC(=O)c1ccc(OC)c(Nc2cc(-c3ccncc3)nc(NCCN(C)C)n2)c1. The molecule has 1 aromatic carbocycles. The van der Waals surface area contributed by atoms with E-state index in [9.17, 15) is 4.79 Å². The van der Waals surface area contributed by atoms with Crippen molar-refractivity contribution in [3.8, 4) is 17.0 Å². The topological polar surface area (TPSA) is 102 Å².